The van der Waals surface area contributed by atoms with E-state index in [1.807, 2.05) is 0 Å². The van der Waals surface area contributed by atoms with Gasteiger partial charge in [0.2, 0.25) is 0 Å². The first kappa shape index (κ1) is 22.9. The summed E-state index contributed by atoms with van der Waals surface area (Å²) in [5, 5.41) is 9.96. The molecule has 0 aliphatic carbocycles. The average Bonchev–Trinajstić information content (AvgIpc) is 2.79. The summed E-state index contributed by atoms with van der Waals surface area (Å²) in [4.78, 5) is 24.3. The molecule has 11 heteroatoms. The number of phenols is 1. The molecule has 166 valence electrons. The van der Waals surface area contributed by atoms with Crippen molar-refractivity contribution in [3.63, 3.8) is 0 Å². The second-order valence-corrected chi connectivity index (χ2v) is 8.52. The Hall–Kier alpha value is -3.76. The molecular formula is C21H18ClN3O6S. The van der Waals surface area contributed by atoms with E-state index in [4.69, 9.17) is 16.3 Å². The molecule has 0 unspecified atom stereocenters. The standard InChI is InChI=1S/C21H18ClN3O6S/c1-31-19-5-3-2-4-17(19)25-32(29,30)15-9-6-13(7-10-15)20(27)23-24-21(28)16-12-14(22)8-11-18(16)26/h2-12,25-26H,1H3,(H,23,27)(H,24,28). The number of para-hydroxylation sites is 2. The van der Waals surface area contributed by atoms with Gasteiger partial charge in [-0.05, 0) is 54.6 Å². The number of aromatic hydroxyl groups is 1. The molecule has 4 N–H and O–H groups in total. The highest BCUT2D eigenvalue weighted by molar-refractivity contribution is 7.92. The van der Waals surface area contributed by atoms with Crippen LogP contribution in [0.1, 0.15) is 20.7 Å². The Bertz CT molecular complexity index is 1260. The van der Waals surface area contributed by atoms with Crippen molar-refractivity contribution < 1.29 is 27.9 Å². The molecule has 0 aliphatic heterocycles. The number of ether oxygens (including phenoxy) is 1. The number of sulfonamides is 1. The van der Waals surface area contributed by atoms with Crippen molar-refractivity contribution in [1.29, 1.82) is 0 Å². The first-order valence-electron chi connectivity index (χ1n) is 9.06. The van der Waals surface area contributed by atoms with Gasteiger partial charge in [-0.15, -0.1) is 0 Å². The van der Waals surface area contributed by atoms with Crippen LogP contribution in [-0.4, -0.2) is 32.4 Å². The third-order valence-corrected chi connectivity index (χ3v) is 5.89. The van der Waals surface area contributed by atoms with Crippen LogP contribution in [0.3, 0.4) is 0 Å². The third kappa shape index (κ3) is 5.29. The molecular weight excluding hydrogens is 458 g/mol. The van der Waals surface area contributed by atoms with Crippen molar-refractivity contribution in [2.24, 2.45) is 0 Å². The molecule has 0 atom stereocenters. The smallest absolute Gasteiger partial charge is 0.273 e. The van der Waals surface area contributed by atoms with Gasteiger partial charge in [-0.25, -0.2) is 8.42 Å². The fourth-order valence-corrected chi connectivity index (χ4v) is 3.90. The van der Waals surface area contributed by atoms with Crippen molar-refractivity contribution in [1.82, 2.24) is 10.9 Å². The molecule has 0 heterocycles. The lowest BCUT2D eigenvalue weighted by Crippen LogP contribution is -2.41. The summed E-state index contributed by atoms with van der Waals surface area (Å²) in [7, 11) is -2.51. The molecule has 0 fully saturated rings. The summed E-state index contributed by atoms with van der Waals surface area (Å²) in [6.07, 6.45) is 0. The summed E-state index contributed by atoms with van der Waals surface area (Å²) in [5.41, 5.74) is 4.57. The Kier molecular flexibility index (Phi) is 6.86. The third-order valence-electron chi connectivity index (χ3n) is 4.27. The molecule has 0 radical (unpaired) electrons. The second-order valence-electron chi connectivity index (χ2n) is 6.40. The van der Waals surface area contributed by atoms with Gasteiger partial charge in [0, 0.05) is 10.6 Å². The molecule has 0 saturated carbocycles. The minimum atomic E-state index is -3.93. The number of carbonyl (C=O) groups is 2. The Labute approximate surface area is 189 Å². The molecule has 3 aromatic carbocycles. The summed E-state index contributed by atoms with van der Waals surface area (Å²) < 4.78 is 32.8. The summed E-state index contributed by atoms with van der Waals surface area (Å²) >= 11 is 5.80. The number of nitrogens with one attached hydrogen (secondary N) is 3. The van der Waals surface area contributed by atoms with Crippen LogP contribution in [0.5, 0.6) is 11.5 Å². The minimum Gasteiger partial charge on any atom is -0.507 e. The van der Waals surface area contributed by atoms with Gasteiger partial charge in [-0.2, -0.15) is 0 Å². The molecule has 0 aromatic heterocycles. The van der Waals surface area contributed by atoms with Crippen LogP contribution < -0.4 is 20.3 Å². The highest BCUT2D eigenvalue weighted by atomic mass is 35.5. The van der Waals surface area contributed by atoms with Crippen molar-refractivity contribution in [3.8, 4) is 11.5 Å². The minimum absolute atomic E-state index is 0.0761. The monoisotopic (exact) mass is 475 g/mol. The molecule has 3 rings (SSSR count). The van der Waals surface area contributed by atoms with E-state index in [2.05, 4.69) is 15.6 Å². The number of hydrogen-bond donors (Lipinski definition) is 4. The Morgan fingerprint density at radius 3 is 2.28 bits per heavy atom. The topological polar surface area (TPSA) is 134 Å². The number of benzene rings is 3. The maximum Gasteiger partial charge on any atom is 0.273 e. The van der Waals surface area contributed by atoms with E-state index in [1.54, 1.807) is 24.3 Å². The lowest BCUT2D eigenvalue weighted by Gasteiger charge is -2.12. The zero-order chi connectivity index (χ0) is 23.3. The lowest BCUT2D eigenvalue weighted by atomic mass is 10.2. The first-order valence-corrected chi connectivity index (χ1v) is 10.9. The van der Waals surface area contributed by atoms with Crippen LogP contribution in [0.15, 0.2) is 71.6 Å². The van der Waals surface area contributed by atoms with Gasteiger partial charge in [0.25, 0.3) is 21.8 Å². The Morgan fingerprint density at radius 1 is 0.938 bits per heavy atom. The molecule has 0 aliphatic rings. The number of hydrazine groups is 1. The van der Waals surface area contributed by atoms with E-state index >= 15 is 0 Å². The van der Waals surface area contributed by atoms with Crippen LogP contribution in [0.4, 0.5) is 5.69 Å². The SMILES string of the molecule is COc1ccccc1NS(=O)(=O)c1ccc(C(=O)NNC(=O)c2cc(Cl)ccc2O)cc1. The van der Waals surface area contributed by atoms with E-state index in [1.165, 1.54) is 49.6 Å². The van der Waals surface area contributed by atoms with E-state index in [-0.39, 0.29) is 32.5 Å². The maximum absolute atomic E-state index is 12.6. The molecule has 9 nitrogen and oxygen atoms in total. The van der Waals surface area contributed by atoms with Crippen LogP contribution in [0.25, 0.3) is 0 Å². The first-order chi connectivity index (χ1) is 15.2. The molecule has 3 aromatic rings. The molecule has 0 saturated heterocycles. The lowest BCUT2D eigenvalue weighted by molar-refractivity contribution is 0.0845. The van der Waals surface area contributed by atoms with Crippen LogP contribution in [-0.2, 0) is 10.0 Å². The van der Waals surface area contributed by atoms with E-state index < -0.39 is 21.8 Å². The number of methoxy groups -OCH3 is 1. The number of amides is 2. The summed E-state index contributed by atoms with van der Waals surface area (Å²) in [6, 6.07) is 15.5. The second kappa shape index (κ2) is 9.58. The van der Waals surface area contributed by atoms with Crippen molar-refractivity contribution >= 4 is 39.1 Å². The van der Waals surface area contributed by atoms with Gasteiger partial charge in [0.05, 0.1) is 23.3 Å². The van der Waals surface area contributed by atoms with Gasteiger partial charge in [0.1, 0.15) is 11.5 Å². The van der Waals surface area contributed by atoms with Gasteiger partial charge >= 0.3 is 0 Å². The fraction of sp³-hybridized carbons (Fsp3) is 0.0476. The van der Waals surface area contributed by atoms with Crippen LogP contribution >= 0.6 is 11.6 Å². The van der Waals surface area contributed by atoms with Gasteiger partial charge < -0.3 is 9.84 Å². The van der Waals surface area contributed by atoms with Crippen molar-refractivity contribution in [3.05, 3.63) is 82.9 Å². The number of carbonyl (C=O) groups excluding carboxylic acids is 2. The quantitative estimate of drug-likeness (QED) is 0.405. The zero-order valence-electron chi connectivity index (χ0n) is 16.6. The number of rotatable bonds is 6. The predicted octanol–water partition coefficient (Wildman–Crippen LogP) is 2.93. The number of anilines is 1. The molecule has 32 heavy (non-hydrogen) atoms. The summed E-state index contributed by atoms with van der Waals surface area (Å²) in [5.74, 6) is -1.42. The summed E-state index contributed by atoms with van der Waals surface area (Å²) in [6.45, 7) is 0. The largest absolute Gasteiger partial charge is 0.507 e. The van der Waals surface area contributed by atoms with Crippen molar-refractivity contribution in [2.45, 2.75) is 4.90 Å². The van der Waals surface area contributed by atoms with Gasteiger partial charge in [-0.3, -0.25) is 25.2 Å². The van der Waals surface area contributed by atoms with E-state index in [9.17, 15) is 23.1 Å². The Balaban J connectivity index is 1.67. The van der Waals surface area contributed by atoms with Gasteiger partial charge in [-0.1, -0.05) is 23.7 Å². The molecule has 0 bridgehead atoms. The number of phenolic OH excluding ortho intramolecular Hbond substituents is 1. The van der Waals surface area contributed by atoms with Crippen molar-refractivity contribution in [2.75, 3.05) is 11.8 Å². The molecule has 2 amide bonds. The average molecular weight is 476 g/mol. The van der Waals surface area contributed by atoms with Crippen LogP contribution in [0.2, 0.25) is 5.02 Å². The number of hydrogen-bond acceptors (Lipinski definition) is 6. The predicted molar refractivity (Wildman–Crippen MR) is 118 cm³/mol. The highest BCUT2D eigenvalue weighted by Gasteiger charge is 2.18. The Morgan fingerprint density at radius 2 is 1.59 bits per heavy atom. The fourth-order valence-electron chi connectivity index (χ4n) is 2.66. The van der Waals surface area contributed by atoms with E-state index in [0.717, 1.165) is 0 Å². The number of halogens is 1. The molecule has 0 spiro atoms. The zero-order valence-corrected chi connectivity index (χ0v) is 18.2. The maximum atomic E-state index is 12.6. The normalized spacial score (nSPS) is 10.8. The highest BCUT2D eigenvalue weighted by Crippen LogP contribution is 2.26. The van der Waals surface area contributed by atoms with Crippen LogP contribution in [0, 0.1) is 0 Å². The van der Waals surface area contributed by atoms with E-state index in [0.29, 0.717) is 5.75 Å². The van der Waals surface area contributed by atoms with Gasteiger partial charge in [0.15, 0.2) is 0 Å².